The number of aliphatic hydroxyl groups is 2. The molecule has 1 aliphatic carbocycles. The molecule has 6 nitrogen and oxygen atoms in total. The Morgan fingerprint density at radius 2 is 1.80 bits per heavy atom. The molecule has 1 fully saturated rings. The van der Waals surface area contributed by atoms with Crippen LogP contribution in [-0.4, -0.2) is 47.3 Å². The van der Waals surface area contributed by atoms with Gasteiger partial charge < -0.3 is 20.8 Å². The van der Waals surface area contributed by atoms with Crippen LogP contribution in [0.15, 0.2) is 0 Å². The summed E-state index contributed by atoms with van der Waals surface area (Å²) in [6, 6.07) is 0. The molecule has 0 aromatic heterocycles. The van der Waals surface area contributed by atoms with E-state index in [0.717, 1.165) is 25.7 Å². The number of hydrogen-bond donors (Lipinski definition) is 4. The first kappa shape index (κ1) is 16.9. The summed E-state index contributed by atoms with van der Waals surface area (Å²) in [6.45, 7) is 1.47. The van der Waals surface area contributed by atoms with Gasteiger partial charge in [-0.3, -0.25) is 9.59 Å². The zero-order valence-corrected chi connectivity index (χ0v) is 12.2. The molecule has 0 bridgehead atoms. The maximum atomic E-state index is 11.8. The highest BCUT2D eigenvalue weighted by Crippen LogP contribution is 2.24. The minimum absolute atomic E-state index is 0.0290. The summed E-state index contributed by atoms with van der Waals surface area (Å²) >= 11 is 0. The lowest BCUT2D eigenvalue weighted by atomic mass is 9.98. The van der Waals surface area contributed by atoms with Gasteiger partial charge in [-0.2, -0.15) is 0 Å². The molecule has 2 amide bonds. The van der Waals surface area contributed by atoms with Gasteiger partial charge in [0.15, 0.2) is 0 Å². The topological polar surface area (TPSA) is 98.7 Å². The molecule has 20 heavy (non-hydrogen) atoms. The fourth-order valence-corrected chi connectivity index (χ4v) is 2.43. The van der Waals surface area contributed by atoms with Crippen molar-refractivity contribution in [1.82, 2.24) is 10.6 Å². The van der Waals surface area contributed by atoms with E-state index in [1.165, 1.54) is 0 Å². The van der Waals surface area contributed by atoms with Gasteiger partial charge in [0.1, 0.15) is 0 Å². The van der Waals surface area contributed by atoms with Crippen LogP contribution in [0.3, 0.4) is 0 Å². The molecule has 1 aliphatic rings. The van der Waals surface area contributed by atoms with Crippen molar-refractivity contribution in [2.75, 3.05) is 19.8 Å². The van der Waals surface area contributed by atoms with E-state index in [4.69, 9.17) is 0 Å². The Hall–Kier alpha value is -1.14. The van der Waals surface area contributed by atoms with Gasteiger partial charge in [0.25, 0.3) is 0 Å². The van der Waals surface area contributed by atoms with E-state index in [1.54, 1.807) is 6.92 Å². The Bertz CT molecular complexity index is 315. The van der Waals surface area contributed by atoms with Gasteiger partial charge in [-0.15, -0.1) is 0 Å². The summed E-state index contributed by atoms with van der Waals surface area (Å²) in [5.74, 6) is -0.147. The van der Waals surface area contributed by atoms with Crippen molar-refractivity contribution in [3.63, 3.8) is 0 Å². The Labute approximate surface area is 119 Å². The predicted octanol–water partition coefficient (Wildman–Crippen LogP) is -0.0675. The lowest BCUT2D eigenvalue weighted by molar-refractivity contribution is -0.126. The molecule has 1 saturated carbocycles. The molecular formula is C14H26N2O4. The summed E-state index contributed by atoms with van der Waals surface area (Å²) < 4.78 is 0. The zero-order valence-electron chi connectivity index (χ0n) is 12.2. The third kappa shape index (κ3) is 4.76. The molecule has 0 atom stereocenters. The smallest absolute Gasteiger partial charge is 0.223 e. The van der Waals surface area contributed by atoms with Crippen LogP contribution < -0.4 is 10.6 Å². The maximum absolute atomic E-state index is 11.8. The van der Waals surface area contributed by atoms with E-state index >= 15 is 0 Å². The molecule has 0 aliphatic heterocycles. The van der Waals surface area contributed by atoms with Crippen LogP contribution in [-0.2, 0) is 9.59 Å². The van der Waals surface area contributed by atoms with Crippen LogP contribution in [0.25, 0.3) is 0 Å². The maximum Gasteiger partial charge on any atom is 0.223 e. The van der Waals surface area contributed by atoms with Gasteiger partial charge >= 0.3 is 0 Å². The molecule has 0 unspecified atom stereocenters. The first-order chi connectivity index (χ1) is 9.56. The number of rotatable bonds is 8. The molecule has 0 radical (unpaired) electrons. The van der Waals surface area contributed by atoms with E-state index in [0.29, 0.717) is 6.42 Å². The minimum atomic E-state index is -0.966. The second-order valence-corrected chi connectivity index (χ2v) is 5.52. The summed E-state index contributed by atoms with van der Waals surface area (Å²) in [5, 5.41) is 23.9. The van der Waals surface area contributed by atoms with Crippen LogP contribution in [0.1, 0.15) is 45.4 Å². The third-order valence-corrected chi connectivity index (χ3v) is 4.06. The van der Waals surface area contributed by atoms with Crippen LogP contribution in [0.4, 0.5) is 0 Å². The Kier molecular flexibility index (Phi) is 6.95. The lowest BCUT2D eigenvalue weighted by Gasteiger charge is -2.29. The second kappa shape index (κ2) is 8.21. The average Bonchev–Trinajstić information content (AvgIpc) is 2.99. The van der Waals surface area contributed by atoms with Crippen molar-refractivity contribution in [1.29, 1.82) is 0 Å². The first-order valence-electron chi connectivity index (χ1n) is 7.37. The van der Waals surface area contributed by atoms with Crippen LogP contribution >= 0.6 is 0 Å². The number of hydrogen-bond acceptors (Lipinski definition) is 4. The zero-order chi connectivity index (χ0) is 15.0. The third-order valence-electron chi connectivity index (χ3n) is 4.06. The molecule has 0 aromatic rings. The summed E-state index contributed by atoms with van der Waals surface area (Å²) in [5.41, 5.74) is -0.966. The van der Waals surface area contributed by atoms with Crippen molar-refractivity contribution in [2.24, 2.45) is 5.92 Å². The molecule has 1 rings (SSSR count). The molecule has 0 saturated heterocycles. The second-order valence-electron chi connectivity index (χ2n) is 5.52. The average molecular weight is 286 g/mol. The number of amides is 2. The molecular weight excluding hydrogens is 260 g/mol. The standard InChI is InChI=1S/C14H26N2O4/c1-2-14(9-17,10-18)16-12(19)7-8-15-13(20)11-5-3-4-6-11/h11,17-18H,2-10H2,1H3,(H,15,20)(H,16,19). The first-order valence-corrected chi connectivity index (χ1v) is 7.37. The van der Waals surface area contributed by atoms with Gasteiger partial charge in [-0.05, 0) is 19.3 Å². The Morgan fingerprint density at radius 1 is 1.20 bits per heavy atom. The fourth-order valence-electron chi connectivity index (χ4n) is 2.43. The van der Waals surface area contributed by atoms with Gasteiger partial charge in [-0.1, -0.05) is 19.8 Å². The van der Waals surface area contributed by atoms with Gasteiger partial charge in [-0.25, -0.2) is 0 Å². The fraction of sp³-hybridized carbons (Fsp3) is 0.857. The molecule has 0 heterocycles. The van der Waals surface area contributed by atoms with Crippen molar-refractivity contribution in [2.45, 2.75) is 51.0 Å². The Balaban J connectivity index is 2.27. The van der Waals surface area contributed by atoms with E-state index in [2.05, 4.69) is 10.6 Å². The van der Waals surface area contributed by atoms with Crippen LogP contribution in [0.5, 0.6) is 0 Å². The summed E-state index contributed by atoms with van der Waals surface area (Å²) in [7, 11) is 0. The largest absolute Gasteiger partial charge is 0.394 e. The Morgan fingerprint density at radius 3 is 2.30 bits per heavy atom. The summed E-state index contributed by atoms with van der Waals surface area (Å²) in [6.07, 6.45) is 4.67. The minimum Gasteiger partial charge on any atom is -0.394 e. The lowest BCUT2D eigenvalue weighted by Crippen LogP contribution is -2.54. The quantitative estimate of drug-likeness (QED) is 0.502. The molecule has 0 spiro atoms. The van der Waals surface area contributed by atoms with E-state index in [1.807, 2.05) is 0 Å². The van der Waals surface area contributed by atoms with Crippen LogP contribution in [0.2, 0.25) is 0 Å². The van der Waals surface area contributed by atoms with E-state index in [-0.39, 0.29) is 43.9 Å². The van der Waals surface area contributed by atoms with E-state index < -0.39 is 5.54 Å². The van der Waals surface area contributed by atoms with Crippen molar-refractivity contribution < 1.29 is 19.8 Å². The molecule has 0 aromatic carbocycles. The number of carbonyl (C=O) groups is 2. The van der Waals surface area contributed by atoms with Gasteiger partial charge in [0.2, 0.25) is 11.8 Å². The highest BCUT2D eigenvalue weighted by atomic mass is 16.3. The molecule has 116 valence electrons. The SMILES string of the molecule is CCC(CO)(CO)NC(=O)CCNC(=O)C1CCCC1. The normalized spacial score (nSPS) is 16.1. The van der Waals surface area contributed by atoms with Gasteiger partial charge in [0.05, 0.1) is 18.8 Å². The number of nitrogens with one attached hydrogen (secondary N) is 2. The van der Waals surface area contributed by atoms with E-state index in [9.17, 15) is 19.8 Å². The highest BCUT2D eigenvalue weighted by molar-refractivity contribution is 5.80. The monoisotopic (exact) mass is 286 g/mol. The van der Waals surface area contributed by atoms with Crippen molar-refractivity contribution >= 4 is 11.8 Å². The number of carbonyl (C=O) groups excluding carboxylic acids is 2. The van der Waals surface area contributed by atoms with Crippen LogP contribution in [0, 0.1) is 5.92 Å². The molecule has 4 N–H and O–H groups in total. The highest BCUT2D eigenvalue weighted by Gasteiger charge is 2.28. The molecule has 6 heteroatoms. The van der Waals surface area contributed by atoms with Crippen molar-refractivity contribution in [3.8, 4) is 0 Å². The van der Waals surface area contributed by atoms with Gasteiger partial charge in [0, 0.05) is 18.9 Å². The predicted molar refractivity (Wildman–Crippen MR) is 74.9 cm³/mol. The number of aliphatic hydroxyl groups excluding tert-OH is 2. The van der Waals surface area contributed by atoms with Crippen molar-refractivity contribution in [3.05, 3.63) is 0 Å². The summed E-state index contributed by atoms with van der Waals surface area (Å²) in [4.78, 5) is 23.5.